The van der Waals surface area contributed by atoms with E-state index in [0.29, 0.717) is 19.3 Å². The summed E-state index contributed by atoms with van der Waals surface area (Å²) in [6.07, 6.45) is 93.1. The molecule has 0 bridgehead atoms. The van der Waals surface area contributed by atoms with Crippen LogP contribution in [-0.4, -0.2) is 37.2 Å². The fourth-order valence-electron chi connectivity index (χ4n) is 8.72. The molecule has 79 heavy (non-hydrogen) atoms. The van der Waals surface area contributed by atoms with Crippen molar-refractivity contribution in [3.05, 3.63) is 134 Å². The number of hydrogen-bond donors (Lipinski definition) is 0. The molecule has 6 heteroatoms. The van der Waals surface area contributed by atoms with Crippen molar-refractivity contribution < 1.29 is 28.6 Å². The van der Waals surface area contributed by atoms with E-state index in [1.165, 1.54) is 89.9 Å². The van der Waals surface area contributed by atoms with Crippen molar-refractivity contribution in [3.8, 4) is 0 Å². The minimum Gasteiger partial charge on any atom is -0.462 e. The molecule has 1 atom stereocenters. The van der Waals surface area contributed by atoms with Crippen LogP contribution >= 0.6 is 0 Å². The predicted molar refractivity (Wildman–Crippen MR) is 343 cm³/mol. The van der Waals surface area contributed by atoms with E-state index in [2.05, 4.69) is 154 Å². The van der Waals surface area contributed by atoms with Crippen LogP contribution in [-0.2, 0) is 28.6 Å². The molecule has 0 rings (SSSR count). The zero-order chi connectivity index (χ0) is 57.1. The van der Waals surface area contributed by atoms with Crippen molar-refractivity contribution >= 4 is 17.9 Å². The van der Waals surface area contributed by atoms with E-state index in [0.717, 1.165) is 161 Å². The molecular weight excluding hydrogens is 973 g/mol. The third-order valence-electron chi connectivity index (χ3n) is 13.6. The summed E-state index contributed by atoms with van der Waals surface area (Å²) in [4.78, 5) is 38.3. The fraction of sp³-hybridized carbons (Fsp3) is 0.658. The number of esters is 3. The molecule has 0 aromatic heterocycles. The Kier molecular flexibility index (Phi) is 62.3. The summed E-state index contributed by atoms with van der Waals surface area (Å²) in [6.45, 7) is 6.45. The second-order valence-electron chi connectivity index (χ2n) is 21.3. The molecule has 6 nitrogen and oxygen atoms in total. The van der Waals surface area contributed by atoms with E-state index >= 15 is 0 Å². The Balaban J connectivity index is 4.32. The van der Waals surface area contributed by atoms with E-state index < -0.39 is 6.10 Å². The van der Waals surface area contributed by atoms with Gasteiger partial charge in [0.15, 0.2) is 6.10 Å². The monoisotopic (exact) mass is 1090 g/mol. The van der Waals surface area contributed by atoms with Crippen LogP contribution in [0.25, 0.3) is 0 Å². The number of ether oxygens (including phenoxy) is 3. The average molecular weight is 1090 g/mol. The Bertz CT molecular complexity index is 1680. The van der Waals surface area contributed by atoms with Crippen molar-refractivity contribution in [1.29, 1.82) is 0 Å². The molecule has 0 aliphatic rings. The zero-order valence-corrected chi connectivity index (χ0v) is 51.3. The summed E-state index contributed by atoms with van der Waals surface area (Å²) in [5, 5.41) is 0. The van der Waals surface area contributed by atoms with Gasteiger partial charge in [0.1, 0.15) is 13.2 Å². The van der Waals surface area contributed by atoms with Crippen molar-refractivity contribution in [2.75, 3.05) is 13.2 Å². The molecule has 0 spiro atoms. The summed E-state index contributed by atoms with van der Waals surface area (Å²) in [5.41, 5.74) is 0. The van der Waals surface area contributed by atoms with E-state index in [-0.39, 0.29) is 31.1 Å². The molecule has 0 fully saturated rings. The number of unbranched alkanes of at least 4 members (excludes halogenated alkanes) is 25. The molecule has 0 saturated heterocycles. The second kappa shape index (κ2) is 66.1. The lowest BCUT2D eigenvalue weighted by Gasteiger charge is -2.18. The standard InChI is InChI=1S/C73H120O6/c1-4-7-10-13-16-19-22-25-28-29-30-31-32-33-34-35-36-37-38-39-40-41-42-43-46-48-51-54-57-60-63-66-72(75)78-69-70(79-73(76)67-64-61-58-55-52-49-45-27-24-21-18-15-12-9-6-3)68-77-71(74)65-62-59-56-53-50-47-44-26-23-20-17-14-11-8-5-2/h7,10,16-21,25-28,30-31,33-34,36-37,39-40,44-45,70H,4-6,8-9,11-15,22-24,29,32,35,38,41-43,46-69H2,1-3H3/b10-7-,19-16-,20-17-,21-18-,28-25-,31-30-,34-33-,37-36-,40-39-,44-26-,45-27-. The first-order valence-corrected chi connectivity index (χ1v) is 32.7. The second-order valence-corrected chi connectivity index (χ2v) is 21.3. The summed E-state index contributed by atoms with van der Waals surface area (Å²) in [5.74, 6) is -0.925. The van der Waals surface area contributed by atoms with E-state index in [9.17, 15) is 14.4 Å². The summed E-state index contributed by atoms with van der Waals surface area (Å²) in [6, 6.07) is 0. The van der Waals surface area contributed by atoms with Crippen LogP contribution in [0.5, 0.6) is 0 Å². The Morgan fingerprint density at radius 3 is 0.772 bits per heavy atom. The Labute approximate surface area is 487 Å². The van der Waals surface area contributed by atoms with Crippen LogP contribution < -0.4 is 0 Å². The van der Waals surface area contributed by atoms with Gasteiger partial charge in [0.05, 0.1) is 0 Å². The Hall–Kier alpha value is -4.45. The maximum absolute atomic E-state index is 12.9. The quantitative estimate of drug-likeness (QED) is 0.0261. The molecule has 0 heterocycles. The third-order valence-corrected chi connectivity index (χ3v) is 13.6. The molecule has 448 valence electrons. The number of rotatable bonds is 58. The zero-order valence-electron chi connectivity index (χ0n) is 51.3. The van der Waals surface area contributed by atoms with Gasteiger partial charge in [-0.3, -0.25) is 14.4 Å². The maximum Gasteiger partial charge on any atom is 0.306 e. The van der Waals surface area contributed by atoms with Gasteiger partial charge in [-0.1, -0.05) is 264 Å². The fourth-order valence-corrected chi connectivity index (χ4v) is 8.72. The van der Waals surface area contributed by atoms with Gasteiger partial charge in [-0.2, -0.15) is 0 Å². The predicted octanol–water partition coefficient (Wildman–Crippen LogP) is 22.5. The van der Waals surface area contributed by atoms with Crippen LogP contribution in [0.1, 0.15) is 290 Å². The summed E-state index contributed by atoms with van der Waals surface area (Å²) < 4.78 is 16.9. The number of carbonyl (C=O) groups is 3. The van der Waals surface area contributed by atoms with Crippen molar-refractivity contribution in [2.45, 2.75) is 297 Å². The Morgan fingerprint density at radius 2 is 0.494 bits per heavy atom. The number of carbonyl (C=O) groups excluding carboxylic acids is 3. The highest BCUT2D eigenvalue weighted by atomic mass is 16.6. The molecule has 0 saturated carbocycles. The molecule has 1 unspecified atom stereocenters. The largest absolute Gasteiger partial charge is 0.462 e. The van der Waals surface area contributed by atoms with Gasteiger partial charge in [-0.05, 0) is 141 Å². The molecule has 0 aromatic rings. The SMILES string of the molecule is CC/C=C\C/C=C\C/C=C\C/C=C\C/C=C\C/C=C\C/C=C\CCCCCCCCCCCC(=O)OCC(COC(=O)CCCCCCC/C=C\C/C=C\CCCCC)OC(=O)CCCCCCC/C=C\C/C=C\CCCCC. The Morgan fingerprint density at radius 1 is 0.266 bits per heavy atom. The first-order valence-electron chi connectivity index (χ1n) is 32.7. The maximum atomic E-state index is 12.9. The van der Waals surface area contributed by atoms with Gasteiger partial charge in [-0.15, -0.1) is 0 Å². The van der Waals surface area contributed by atoms with Crippen LogP contribution in [0, 0.1) is 0 Å². The summed E-state index contributed by atoms with van der Waals surface area (Å²) in [7, 11) is 0. The minimum atomic E-state index is -0.799. The molecule has 0 amide bonds. The van der Waals surface area contributed by atoms with Gasteiger partial charge < -0.3 is 14.2 Å². The molecule has 0 N–H and O–H groups in total. The highest BCUT2D eigenvalue weighted by Gasteiger charge is 2.19. The van der Waals surface area contributed by atoms with E-state index in [4.69, 9.17) is 14.2 Å². The lowest BCUT2D eigenvalue weighted by Crippen LogP contribution is -2.30. The highest BCUT2D eigenvalue weighted by molar-refractivity contribution is 5.71. The number of allylic oxidation sites excluding steroid dienone is 22. The third kappa shape index (κ3) is 64.3. The van der Waals surface area contributed by atoms with Gasteiger partial charge in [0, 0.05) is 19.3 Å². The van der Waals surface area contributed by atoms with Crippen LogP contribution in [0.15, 0.2) is 134 Å². The van der Waals surface area contributed by atoms with E-state index in [1.807, 2.05) is 0 Å². The van der Waals surface area contributed by atoms with Crippen LogP contribution in [0.3, 0.4) is 0 Å². The molecule has 0 aliphatic carbocycles. The topological polar surface area (TPSA) is 78.9 Å². The minimum absolute atomic E-state index is 0.0943. The number of hydrogen-bond acceptors (Lipinski definition) is 6. The van der Waals surface area contributed by atoms with Gasteiger partial charge in [-0.25, -0.2) is 0 Å². The van der Waals surface area contributed by atoms with Crippen molar-refractivity contribution in [2.24, 2.45) is 0 Å². The molecule has 0 aliphatic heterocycles. The van der Waals surface area contributed by atoms with Crippen LogP contribution in [0.4, 0.5) is 0 Å². The lowest BCUT2D eigenvalue weighted by molar-refractivity contribution is -0.167. The lowest BCUT2D eigenvalue weighted by atomic mass is 10.1. The van der Waals surface area contributed by atoms with Crippen LogP contribution in [0.2, 0.25) is 0 Å². The molecular formula is C73H120O6. The first kappa shape index (κ1) is 74.5. The van der Waals surface area contributed by atoms with Gasteiger partial charge >= 0.3 is 17.9 Å². The summed E-state index contributed by atoms with van der Waals surface area (Å²) >= 11 is 0. The highest BCUT2D eigenvalue weighted by Crippen LogP contribution is 2.15. The van der Waals surface area contributed by atoms with Gasteiger partial charge in [0.2, 0.25) is 0 Å². The molecule has 0 aromatic carbocycles. The van der Waals surface area contributed by atoms with Crippen molar-refractivity contribution in [1.82, 2.24) is 0 Å². The normalized spacial score (nSPS) is 13.0. The average Bonchev–Trinajstić information content (AvgIpc) is 3.45. The van der Waals surface area contributed by atoms with Gasteiger partial charge in [0.25, 0.3) is 0 Å². The smallest absolute Gasteiger partial charge is 0.306 e. The van der Waals surface area contributed by atoms with E-state index in [1.54, 1.807) is 0 Å². The molecule has 0 radical (unpaired) electrons. The first-order chi connectivity index (χ1) is 39.0. The van der Waals surface area contributed by atoms with Crippen molar-refractivity contribution in [3.63, 3.8) is 0 Å².